The number of hydrogen-bond acceptors (Lipinski definition) is 5. The molecule has 4 N–H and O–H groups in total. The highest BCUT2D eigenvalue weighted by Crippen LogP contribution is 2.12. The first-order chi connectivity index (χ1) is 8.08. The van der Waals surface area contributed by atoms with Gasteiger partial charge in [0.1, 0.15) is 0 Å². The monoisotopic (exact) mass is 240 g/mol. The predicted octanol–water partition coefficient (Wildman–Crippen LogP) is -0.939. The third kappa shape index (κ3) is 3.58. The molecule has 7 heteroatoms. The number of likely N-dealkylation sites (N-methyl/N-ethyl adjacent to an activating group) is 2. The summed E-state index contributed by atoms with van der Waals surface area (Å²) in [6, 6.07) is 1.67. The zero-order valence-electron chi connectivity index (χ0n) is 9.82. The molecule has 0 fully saturated rings. The third-order valence-electron chi connectivity index (χ3n) is 2.22. The van der Waals surface area contributed by atoms with E-state index in [1.807, 2.05) is 5.43 Å². The van der Waals surface area contributed by atoms with E-state index in [9.17, 15) is 9.59 Å². The first kappa shape index (κ1) is 13.2. The van der Waals surface area contributed by atoms with E-state index in [2.05, 4.69) is 5.32 Å². The molecule has 0 bridgehead atoms. The highest BCUT2D eigenvalue weighted by molar-refractivity contribution is 5.92. The Hall–Kier alpha value is -1.86. The second-order valence-corrected chi connectivity index (χ2v) is 3.59. The van der Waals surface area contributed by atoms with E-state index in [1.54, 1.807) is 25.1 Å². The maximum atomic E-state index is 11.3. The van der Waals surface area contributed by atoms with E-state index in [-0.39, 0.29) is 18.2 Å². The summed E-state index contributed by atoms with van der Waals surface area (Å²) in [5, 5.41) is 2.52. The van der Waals surface area contributed by atoms with Crippen molar-refractivity contribution in [2.75, 3.05) is 20.6 Å². The molecular weight excluding hydrogens is 224 g/mol. The molecule has 94 valence electrons. The number of nitrogens with two attached hydrogens (primary N) is 1. The van der Waals surface area contributed by atoms with Crippen LogP contribution in [0.1, 0.15) is 16.1 Å². The van der Waals surface area contributed by atoms with Gasteiger partial charge in [-0.05, 0) is 13.1 Å². The number of furan rings is 1. The summed E-state index contributed by atoms with van der Waals surface area (Å²) in [5.74, 6) is 4.61. The van der Waals surface area contributed by atoms with Gasteiger partial charge in [0.2, 0.25) is 5.91 Å². The fraction of sp³-hybridized carbons (Fsp3) is 0.400. The quantitative estimate of drug-likeness (QED) is 0.350. The van der Waals surface area contributed by atoms with Gasteiger partial charge in [0.15, 0.2) is 5.76 Å². The van der Waals surface area contributed by atoms with Crippen LogP contribution in [0, 0.1) is 0 Å². The Kier molecular flexibility index (Phi) is 4.68. The van der Waals surface area contributed by atoms with Gasteiger partial charge in [-0.2, -0.15) is 0 Å². The number of carbonyl (C=O) groups is 2. The average Bonchev–Trinajstić information content (AvgIpc) is 2.75. The van der Waals surface area contributed by atoms with Gasteiger partial charge in [-0.1, -0.05) is 0 Å². The van der Waals surface area contributed by atoms with E-state index in [0.717, 1.165) is 0 Å². The van der Waals surface area contributed by atoms with Crippen molar-refractivity contribution in [1.82, 2.24) is 15.6 Å². The smallest absolute Gasteiger partial charge is 0.301 e. The summed E-state index contributed by atoms with van der Waals surface area (Å²) < 4.78 is 5.03. The topological polar surface area (TPSA) is 101 Å². The molecule has 0 saturated carbocycles. The van der Waals surface area contributed by atoms with Crippen molar-refractivity contribution >= 4 is 11.8 Å². The lowest BCUT2D eigenvalue weighted by Crippen LogP contribution is -2.34. The van der Waals surface area contributed by atoms with Gasteiger partial charge < -0.3 is 9.73 Å². The maximum Gasteiger partial charge on any atom is 0.301 e. The summed E-state index contributed by atoms with van der Waals surface area (Å²) in [4.78, 5) is 24.2. The van der Waals surface area contributed by atoms with Crippen LogP contribution in [0.5, 0.6) is 0 Å². The molecule has 0 aliphatic carbocycles. The Morgan fingerprint density at radius 3 is 2.82 bits per heavy atom. The largest absolute Gasteiger partial charge is 0.459 e. The minimum absolute atomic E-state index is 0.0965. The van der Waals surface area contributed by atoms with E-state index in [4.69, 9.17) is 10.3 Å². The first-order valence-corrected chi connectivity index (χ1v) is 5.05. The number of nitrogen functional groups attached to an aromatic ring is 1. The average molecular weight is 240 g/mol. The SMILES string of the molecule is CNC(=O)CN(C)Cc1ccoc1C(=O)NN. The summed E-state index contributed by atoms with van der Waals surface area (Å²) in [6.07, 6.45) is 1.41. The van der Waals surface area contributed by atoms with Gasteiger partial charge in [-0.15, -0.1) is 0 Å². The van der Waals surface area contributed by atoms with Crippen LogP contribution < -0.4 is 16.6 Å². The summed E-state index contributed by atoms with van der Waals surface area (Å²) in [5.41, 5.74) is 2.68. The van der Waals surface area contributed by atoms with Gasteiger partial charge in [0.25, 0.3) is 0 Å². The molecule has 0 radical (unpaired) electrons. The van der Waals surface area contributed by atoms with Crippen LogP contribution in [0.4, 0.5) is 0 Å². The zero-order chi connectivity index (χ0) is 12.8. The molecule has 0 aliphatic heterocycles. The van der Waals surface area contributed by atoms with Crippen LogP contribution in [-0.4, -0.2) is 37.4 Å². The molecule has 7 nitrogen and oxygen atoms in total. The first-order valence-electron chi connectivity index (χ1n) is 5.05. The lowest BCUT2D eigenvalue weighted by molar-refractivity contribution is -0.121. The molecule has 17 heavy (non-hydrogen) atoms. The Morgan fingerprint density at radius 2 is 2.24 bits per heavy atom. The highest BCUT2D eigenvalue weighted by atomic mass is 16.3. The molecule has 0 aromatic carbocycles. The maximum absolute atomic E-state index is 11.3. The van der Waals surface area contributed by atoms with E-state index < -0.39 is 5.91 Å². The van der Waals surface area contributed by atoms with Crippen molar-refractivity contribution in [3.63, 3.8) is 0 Å². The highest BCUT2D eigenvalue weighted by Gasteiger charge is 2.16. The number of rotatable bonds is 5. The van der Waals surface area contributed by atoms with Crippen LogP contribution in [0.15, 0.2) is 16.7 Å². The lowest BCUT2D eigenvalue weighted by Gasteiger charge is -2.14. The second-order valence-electron chi connectivity index (χ2n) is 3.59. The van der Waals surface area contributed by atoms with Crippen molar-refractivity contribution in [3.05, 3.63) is 23.7 Å². The summed E-state index contributed by atoms with van der Waals surface area (Å²) in [7, 11) is 3.34. The molecule has 0 unspecified atom stereocenters. The van der Waals surface area contributed by atoms with Crippen LogP contribution in [0.3, 0.4) is 0 Å². The van der Waals surface area contributed by atoms with Gasteiger partial charge in [0.05, 0.1) is 12.8 Å². The Morgan fingerprint density at radius 1 is 1.53 bits per heavy atom. The van der Waals surface area contributed by atoms with E-state index >= 15 is 0 Å². The molecule has 0 spiro atoms. The van der Waals surface area contributed by atoms with Crippen molar-refractivity contribution < 1.29 is 14.0 Å². The molecule has 1 rings (SSSR count). The number of nitrogens with one attached hydrogen (secondary N) is 2. The van der Waals surface area contributed by atoms with Crippen molar-refractivity contribution in [3.8, 4) is 0 Å². The molecule has 1 aromatic heterocycles. The molecule has 2 amide bonds. The number of hydrazine groups is 1. The van der Waals surface area contributed by atoms with E-state index in [1.165, 1.54) is 6.26 Å². The summed E-state index contributed by atoms with van der Waals surface area (Å²) >= 11 is 0. The van der Waals surface area contributed by atoms with Gasteiger partial charge in [0, 0.05) is 19.2 Å². The van der Waals surface area contributed by atoms with Gasteiger partial charge >= 0.3 is 5.91 Å². The van der Waals surface area contributed by atoms with Gasteiger partial charge in [-0.25, -0.2) is 5.84 Å². The number of amides is 2. The van der Waals surface area contributed by atoms with Gasteiger partial charge in [-0.3, -0.25) is 19.9 Å². The third-order valence-corrected chi connectivity index (χ3v) is 2.22. The molecule has 1 heterocycles. The lowest BCUT2D eigenvalue weighted by atomic mass is 10.2. The normalized spacial score (nSPS) is 10.4. The van der Waals surface area contributed by atoms with Crippen LogP contribution in [0.25, 0.3) is 0 Å². The van der Waals surface area contributed by atoms with E-state index in [0.29, 0.717) is 12.1 Å². The molecule has 1 aromatic rings. The zero-order valence-corrected chi connectivity index (χ0v) is 9.82. The van der Waals surface area contributed by atoms with Crippen LogP contribution in [-0.2, 0) is 11.3 Å². The minimum atomic E-state index is -0.488. The molecule has 0 aliphatic rings. The fourth-order valence-electron chi connectivity index (χ4n) is 1.40. The molecule has 0 saturated heterocycles. The van der Waals surface area contributed by atoms with Crippen LogP contribution >= 0.6 is 0 Å². The standard InChI is InChI=1S/C10H16N4O3/c1-12-8(15)6-14(2)5-7-3-4-17-9(7)10(16)13-11/h3-4H,5-6,11H2,1-2H3,(H,12,15)(H,13,16). The van der Waals surface area contributed by atoms with Crippen LogP contribution in [0.2, 0.25) is 0 Å². The number of nitrogens with zero attached hydrogens (tertiary/aromatic N) is 1. The molecule has 0 atom stereocenters. The summed E-state index contributed by atoms with van der Waals surface area (Å²) in [6.45, 7) is 0.665. The Labute approximate surface area is 98.9 Å². The molecular formula is C10H16N4O3. The van der Waals surface area contributed by atoms with Crippen molar-refractivity contribution in [2.45, 2.75) is 6.54 Å². The predicted molar refractivity (Wildman–Crippen MR) is 60.8 cm³/mol. The van der Waals surface area contributed by atoms with Crippen molar-refractivity contribution in [2.24, 2.45) is 5.84 Å². The number of hydrogen-bond donors (Lipinski definition) is 3. The Bertz CT molecular complexity index is 402. The Balaban J connectivity index is 2.65. The van der Waals surface area contributed by atoms with Crippen molar-refractivity contribution in [1.29, 1.82) is 0 Å². The fourth-order valence-corrected chi connectivity index (χ4v) is 1.40. The number of carbonyl (C=O) groups excluding carboxylic acids is 2. The second kappa shape index (κ2) is 6.02. The minimum Gasteiger partial charge on any atom is -0.459 e.